The molecule has 0 aliphatic heterocycles. The molecule has 5 heteroatoms. The summed E-state index contributed by atoms with van der Waals surface area (Å²) in [5.41, 5.74) is -0.404. The average Bonchev–Trinajstić information content (AvgIpc) is 2.00. The minimum Gasteiger partial charge on any atom is -0.505 e. The zero-order valence-electron chi connectivity index (χ0n) is 6.18. The quantitative estimate of drug-likeness (QED) is 0.744. The fourth-order valence-corrected chi connectivity index (χ4v) is 0.887. The van der Waals surface area contributed by atoms with Crippen molar-refractivity contribution in [3.05, 3.63) is 22.5 Å². The van der Waals surface area contributed by atoms with Gasteiger partial charge in [-0.3, -0.25) is 0 Å². The summed E-state index contributed by atoms with van der Waals surface area (Å²) in [6.45, 7) is 1.45. The Labute approximate surface area is 72.8 Å². The summed E-state index contributed by atoms with van der Waals surface area (Å²) in [5, 5.41) is 9.30. The van der Waals surface area contributed by atoms with E-state index in [4.69, 9.17) is 16.7 Å². The van der Waals surface area contributed by atoms with Crippen LogP contribution in [0, 0.1) is 6.92 Å². The van der Waals surface area contributed by atoms with E-state index in [2.05, 4.69) is 4.98 Å². The Morgan fingerprint density at radius 1 is 1.58 bits per heavy atom. The monoisotopic (exact) mass is 193 g/mol. The Balaban J connectivity index is 3.27. The first-order valence-electron chi connectivity index (χ1n) is 3.16. The van der Waals surface area contributed by atoms with Crippen LogP contribution in [0.15, 0.2) is 6.20 Å². The number of halogens is 3. The molecule has 0 bridgehead atoms. The van der Waals surface area contributed by atoms with E-state index >= 15 is 0 Å². The van der Waals surface area contributed by atoms with E-state index in [1.165, 1.54) is 6.92 Å². The highest BCUT2D eigenvalue weighted by Gasteiger charge is 2.17. The van der Waals surface area contributed by atoms with Gasteiger partial charge in [-0.15, -0.1) is 0 Å². The van der Waals surface area contributed by atoms with Gasteiger partial charge in [-0.2, -0.15) is 0 Å². The van der Waals surface area contributed by atoms with Crippen molar-refractivity contribution in [2.45, 2.75) is 13.3 Å². The highest BCUT2D eigenvalue weighted by atomic mass is 35.5. The van der Waals surface area contributed by atoms with Crippen LogP contribution >= 0.6 is 11.6 Å². The van der Waals surface area contributed by atoms with Crippen LogP contribution in [-0.4, -0.2) is 10.1 Å². The summed E-state index contributed by atoms with van der Waals surface area (Å²) in [6, 6.07) is 0. The highest BCUT2D eigenvalue weighted by molar-refractivity contribution is 6.31. The molecule has 0 atom stereocenters. The van der Waals surface area contributed by atoms with Crippen LogP contribution < -0.4 is 0 Å². The fourth-order valence-electron chi connectivity index (χ4n) is 0.749. The predicted octanol–water partition coefficient (Wildman–Crippen LogP) is 2.69. The maximum atomic E-state index is 12.1. The molecule has 0 aliphatic carbocycles. The van der Waals surface area contributed by atoms with Crippen LogP contribution in [0.25, 0.3) is 0 Å². The summed E-state index contributed by atoms with van der Waals surface area (Å²) in [6.07, 6.45) is -1.68. The number of nitrogens with zero attached hydrogens (tertiary/aromatic N) is 1. The van der Waals surface area contributed by atoms with Crippen LogP contribution in [-0.2, 0) is 0 Å². The van der Waals surface area contributed by atoms with Crippen molar-refractivity contribution in [2.75, 3.05) is 0 Å². The van der Waals surface area contributed by atoms with Gasteiger partial charge in [-0.25, -0.2) is 13.8 Å². The smallest absolute Gasteiger partial charge is 0.284 e. The van der Waals surface area contributed by atoms with E-state index in [0.717, 1.165) is 6.20 Å². The number of alkyl halides is 2. The standard InChI is InChI=1S/C7H6ClF2NO/c1-3-4(8)2-11-5(6(3)12)7(9)10/h2,7,12H,1H3. The lowest BCUT2D eigenvalue weighted by Crippen LogP contribution is -1.92. The number of hydrogen-bond acceptors (Lipinski definition) is 2. The van der Waals surface area contributed by atoms with Crippen molar-refractivity contribution in [2.24, 2.45) is 0 Å². The lowest BCUT2D eigenvalue weighted by molar-refractivity contribution is 0.141. The molecule has 0 saturated heterocycles. The minimum absolute atomic E-state index is 0.178. The molecule has 0 unspecified atom stereocenters. The topological polar surface area (TPSA) is 33.1 Å². The van der Waals surface area contributed by atoms with Crippen molar-refractivity contribution in [3.63, 3.8) is 0 Å². The first kappa shape index (κ1) is 9.19. The summed E-state index contributed by atoms with van der Waals surface area (Å²) >= 11 is 5.52. The van der Waals surface area contributed by atoms with Crippen LogP contribution in [0.5, 0.6) is 5.75 Å². The minimum atomic E-state index is -2.78. The first-order valence-corrected chi connectivity index (χ1v) is 3.54. The predicted molar refractivity (Wildman–Crippen MR) is 40.6 cm³/mol. The Hall–Kier alpha value is -0.900. The van der Waals surface area contributed by atoms with Crippen molar-refractivity contribution in [3.8, 4) is 5.75 Å². The fraction of sp³-hybridized carbons (Fsp3) is 0.286. The lowest BCUT2D eigenvalue weighted by Gasteiger charge is -2.05. The second-order valence-electron chi connectivity index (χ2n) is 2.27. The molecule has 1 aromatic heterocycles. The molecule has 0 saturated carbocycles. The molecule has 0 fully saturated rings. The van der Waals surface area contributed by atoms with Gasteiger partial charge >= 0.3 is 0 Å². The van der Waals surface area contributed by atoms with Crippen LogP contribution in [0.1, 0.15) is 17.7 Å². The van der Waals surface area contributed by atoms with E-state index in [1.54, 1.807) is 0 Å². The molecule has 0 aromatic carbocycles. The summed E-state index contributed by atoms with van der Waals surface area (Å²) in [7, 11) is 0. The summed E-state index contributed by atoms with van der Waals surface area (Å²) in [4.78, 5) is 3.31. The molecule has 1 rings (SSSR count). The Morgan fingerprint density at radius 2 is 2.17 bits per heavy atom. The molecule has 12 heavy (non-hydrogen) atoms. The van der Waals surface area contributed by atoms with Gasteiger partial charge in [0.2, 0.25) is 0 Å². The molecule has 0 spiro atoms. The zero-order valence-corrected chi connectivity index (χ0v) is 6.94. The van der Waals surface area contributed by atoms with Crippen molar-refractivity contribution >= 4 is 11.6 Å². The second-order valence-corrected chi connectivity index (χ2v) is 2.67. The van der Waals surface area contributed by atoms with Gasteiger partial charge in [0.25, 0.3) is 6.43 Å². The van der Waals surface area contributed by atoms with Crippen LogP contribution in [0.3, 0.4) is 0 Å². The van der Waals surface area contributed by atoms with E-state index in [9.17, 15) is 8.78 Å². The third-order valence-corrected chi connectivity index (χ3v) is 1.86. The number of rotatable bonds is 1. The summed E-state index contributed by atoms with van der Waals surface area (Å²) < 4.78 is 24.1. The van der Waals surface area contributed by atoms with Gasteiger partial charge in [0.05, 0.1) is 5.02 Å². The molecule has 1 N–H and O–H groups in total. The normalized spacial score (nSPS) is 10.8. The van der Waals surface area contributed by atoms with E-state index < -0.39 is 17.9 Å². The van der Waals surface area contributed by atoms with Gasteiger partial charge in [-0.05, 0) is 6.92 Å². The van der Waals surface area contributed by atoms with Crippen LogP contribution in [0.4, 0.5) is 8.78 Å². The molecule has 1 aromatic rings. The SMILES string of the molecule is Cc1c(Cl)cnc(C(F)F)c1O. The molecular formula is C7H6ClF2NO. The largest absolute Gasteiger partial charge is 0.505 e. The van der Waals surface area contributed by atoms with Crippen molar-refractivity contribution in [1.29, 1.82) is 0 Å². The van der Waals surface area contributed by atoms with Gasteiger partial charge in [0, 0.05) is 11.8 Å². The zero-order chi connectivity index (χ0) is 9.30. The molecule has 66 valence electrons. The number of pyridine rings is 1. The van der Waals surface area contributed by atoms with Crippen LogP contribution in [0.2, 0.25) is 5.02 Å². The number of aromatic nitrogens is 1. The van der Waals surface area contributed by atoms with Gasteiger partial charge in [-0.1, -0.05) is 11.6 Å². The Morgan fingerprint density at radius 3 is 2.67 bits per heavy atom. The lowest BCUT2D eigenvalue weighted by atomic mass is 10.2. The molecule has 0 amide bonds. The van der Waals surface area contributed by atoms with Gasteiger partial charge in [0.15, 0.2) is 0 Å². The second kappa shape index (κ2) is 3.23. The molecule has 1 heterocycles. The Bertz CT molecular complexity index is 304. The van der Waals surface area contributed by atoms with Gasteiger partial charge < -0.3 is 5.11 Å². The molecular weight excluding hydrogens is 188 g/mol. The van der Waals surface area contributed by atoms with E-state index in [-0.39, 0.29) is 10.6 Å². The summed E-state index contributed by atoms with van der Waals surface area (Å²) in [5.74, 6) is -0.530. The first-order chi connectivity index (χ1) is 5.54. The van der Waals surface area contributed by atoms with Crippen molar-refractivity contribution in [1.82, 2.24) is 4.98 Å². The van der Waals surface area contributed by atoms with Gasteiger partial charge in [0.1, 0.15) is 11.4 Å². The third-order valence-electron chi connectivity index (χ3n) is 1.48. The highest BCUT2D eigenvalue weighted by Crippen LogP contribution is 2.32. The number of hydrogen-bond donors (Lipinski definition) is 1. The molecule has 0 aliphatic rings. The maximum absolute atomic E-state index is 12.1. The average molecular weight is 194 g/mol. The number of aromatic hydroxyl groups is 1. The molecule has 2 nitrogen and oxygen atoms in total. The van der Waals surface area contributed by atoms with E-state index in [1.807, 2.05) is 0 Å². The maximum Gasteiger partial charge on any atom is 0.284 e. The Kier molecular flexibility index (Phi) is 2.47. The van der Waals surface area contributed by atoms with E-state index in [0.29, 0.717) is 0 Å². The molecule has 0 radical (unpaired) electrons. The van der Waals surface area contributed by atoms with Crippen molar-refractivity contribution < 1.29 is 13.9 Å². The third kappa shape index (κ3) is 1.48.